The van der Waals surface area contributed by atoms with E-state index < -0.39 is 27.7 Å². The Morgan fingerprint density at radius 3 is 1.00 bits per heavy atom. The maximum Gasteiger partial charge on any atom is 0.514 e. The Labute approximate surface area is 225 Å². The van der Waals surface area contributed by atoms with Crippen molar-refractivity contribution in [1.82, 2.24) is 0 Å². The first kappa shape index (κ1) is 35.9. The molecule has 9 heteroatoms. The van der Waals surface area contributed by atoms with Crippen LogP contribution in [0.1, 0.15) is 118 Å². The molecule has 0 rings (SSSR count). The van der Waals surface area contributed by atoms with Crippen LogP contribution in [0.3, 0.4) is 0 Å². The zero-order valence-electron chi connectivity index (χ0n) is 25.3. The van der Waals surface area contributed by atoms with Gasteiger partial charge in [-0.15, -0.1) is 0 Å². The Morgan fingerprint density at radius 2 is 0.750 bits per heavy atom. The molecule has 2 atom stereocenters. The predicted octanol–water partition coefficient (Wildman–Crippen LogP) is 7.33. The molecule has 7 nitrogen and oxygen atoms in total. The van der Waals surface area contributed by atoms with Gasteiger partial charge in [-0.1, -0.05) is 90.9 Å². The number of carbonyl (C=O) groups excluding carboxylic acids is 1. The van der Waals surface area contributed by atoms with Gasteiger partial charge in [0.1, 0.15) is 0 Å². The number of carbonyl (C=O) groups is 1. The maximum atomic E-state index is 14.9. The Hall–Kier alpha value is -0.136. The van der Waals surface area contributed by atoms with Gasteiger partial charge in [0.15, 0.2) is 5.78 Å². The lowest BCUT2D eigenvalue weighted by Gasteiger charge is -2.48. The number of ketones is 1. The highest BCUT2D eigenvalue weighted by Gasteiger charge is 2.70. The lowest BCUT2D eigenvalue weighted by Crippen LogP contribution is -2.64. The standard InChI is InChI=1S/C27H58O7Si2/c1-11-13-15-17-19-21-23-26(3,35(29-5,30-6)31-7)25(28)27(4,36(32-8,33-9)34-10)24-22-20-18-16-14-12-2/h11-24H2,1-10H3. The molecule has 0 spiro atoms. The van der Waals surface area contributed by atoms with Gasteiger partial charge in [-0.25, -0.2) is 0 Å². The Kier molecular flexibility index (Phi) is 18.1. The van der Waals surface area contributed by atoms with E-state index in [2.05, 4.69) is 13.8 Å². The van der Waals surface area contributed by atoms with E-state index in [9.17, 15) is 4.79 Å². The molecule has 0 aromatic heterocycles. The van der Waals surface area contributed by atoms with Crippen LogP contribution >= 0.6 is 0 Å². The summed E-state index contributed by atoms with van der Waals surface area (Å²) in [4.78, 5) is 14.9. The van der Waals surface area contributed by atoms with E-state index in [1.54, 1.807) is 42.7 Å². The summed E-state index contributed by atoms with van der Waals surface area (Å²) in [5.41, 5.74) is 0. The van der Waals surface area contributed by atoms with Crippen molar-refractivity contribution in [2.45, 2.75) is 128 Å². The van der Waals surface area contributed by atoms with Crippen LogP contribution < -0.4 is 0 Å². The van der Waals surface area contributed by atoms with Gasteiger partial charge in [0.05, 0.1) is 10.1 Å². The van der Waals surface area contributed by atoms with Crippen molar-refractivity contribution in [3.05, 3.63) is 0 Å². The summed E-state index contributed by atoms with van der Waals surface area (Å²) in [6.07, 6.45) is 14.8. The highest BCUT2D eigenvalue weighted by atomic mass is 28.4. The first-order valence-corrected chi connectivity index (χ1v) is 17.4. The fraction of sp³-hybridized carbons (Fsp3) is 0.963. The fourth-order valence-corrected chi connectivity index (χ4v) is 11.7. The van der Waals surface area contributed by atoms with Crippen LogP contribution in [0.25, 0.3) is 0 Å². The van der Waals surface area contributed by atoms with Gasteiger partial charge in [-0.3, -0.25) is 4.79 Å². The molecule has 0 aromatic rings. The average molecular weight is 551 g/mol. The van der Waals surface area contributed by atoms with Crippen LogP contribution in [0.2, 0.25) is 10.1 Å². The van der Waals surface area contributed by atoms with Crippen LogP contribution in [0.5, 0.6) is 0 Å². The molecule has 0 aliphatic heterocycles. The lowest BCUT2D eigenvalue weighted by atomic mass is 9.86. The average Bonchev–Trinajstić information content (AvgIpc) is 2.90. The molecule has 0 heterocycles. The summed E-state index contributed by atoms with van der Waals surface area (Å²) in [5, 5.41) is -1.94. The minimum absolute atomic E-state index is 0.00606. The highest BCUT2D eigenvalue weighted by molar-refractivity contribution is 6.74. The van der Waals surface area contributed by atoms with Crippen LogP contribution in [0.15, 0.2) is 0 Å². The molecule has 0 fully saturated rings. The SMILES string of the molecule is CCCCCCCCC(C)(C(=O)C(C)(CCCCCCCC)[Si](OC)(OC)OC)[Si](OC)(OC)OC. The van der Waals surface area contributed by atoms with Gasteiger partial charge < -0.3 is 26.6 Å². The van der Waals surface area contributed by atoms with E-state index in [1.165, 1.54) is 38.5 Å². The summed E-state index contributed by atoms with van der Waals surface area (Å²) < 4.78 is 35.8. The Morgan fingerprint density at radius 1 is 0.500 bits per heavy atom. The molecule has 0 aliphatic carbocycles. The highest BCUT2D eigenvalue weighted by Crippen LogP contribution is 2.56. The van der Waals surface area contributed by atoms with E-state index in [-0.39, 0.29) is 5.78 Å². The second kappa shape index (κ2) is 18.2. The summed E-state index contributed by atoms with van der Waals surface area (Å²) in [6, 6.07) is 0. The summed E-state index contributed by atoms with van der Waals surface area (Å²) in [6.45, 7) is 8.36. The molecular weight excluding hydrogens is 492 g/mol. The summed E-state index contributed by atoms with van der Waals surface area (Å²) in [5.74, 6) is 0.00606. The van der Waals surface area contributed by atoms with Gasteiger partial charge in [-0.2, -0.15) is 0 Å². The minimum Gasteiger partial charge on any atom is -0.376 e. The third kappa shape index (κ3) is 8.43. The second-order valence-corrected chi connectivity index (χ2v) is 17.2. The second-order valence-electron chi connectivity index (χ2n) is 10.4. The third-order valence-electron chi connectivity index (χ3n) is 8.03. The molecule has 36 heavy (non-hydrogen) atoms. The number of Topliss-reactive ketones (excluding diaryl/α,β-unsaturated/α-hetero) is 1. The molecule has 0 aliphatic rings. The summed E-state index contributed by atoms with van der Waals surface area (Å²) >= 11 is 0. The topological polar surface area (TPSA) is 72.5 Å². The maximum absolute atomic E-state index is 14.9. The van der Waals surface area contributed by atoms with Crippen molar-refractivity contribution >= 4 is 23.4 Å². The van der Waals surface area contributed by atoms with Gasteiger partial charge in [0.2, 0.25) is 0 Å². The quantitative estimate of drug-likeness (QED) is 0.0920. The van der Waals surface area contributed by atoms with E-state index >= 15 is 0 Å². The number of hydrogen-bond acceptors (Lipinski definition) is 7. The van der Waals surface area contributed by atoms with Crippen molar-refractivity contribution in [2.75, 3.05) is 42.7 Å². The minimum atomic E-state index is -3.40. The van der Waals surface area contributed by atoms with Crippen LogP contribution in [-0.2, 0) is 31.4 Å². The number of rotatable bonds is 24. The van der Waals surface area contributed by atoms with Crippen molar-refractivity contribution < 1.29 is 31.4 Å². The monoisotopic (exact) mass is 550 g/mol. The zero-order valence-corrected chi connectivity index (χ0v) is 27.3. The molecular formula is C27H58O7Si2. The molecule has 0 saturated carbocycles. The number of hydrogen-bond donors (Lipinski definition) is 0. The van der Waals surface area contributed by atoms with Gasteiger partial charge in [-0.05, 0) is 26.7 Å². The van der Waals surface area contributed by atoms with Crippen LogP contribution in [0.4, 0.5) is 0 Å². The number of unbranched alkanes of at least 4 members (excludes halogenated alkanes) is 10. The van der Waals surface area contributed by atoms with Gasteiger partial charge in [0, 0.05) is 42.7 Å². The molecule has 0 aromatic carbocycles. The van der Waals surface area contributed by atoms with Gasteiger partial charge in [0.25, 0.3) is 0 Å². The molecule has 0 saturated heterocycles. The first-order chi connectivity index (χ1) is 17.1. The lowest BCUT2D eigenvalue weighted by molar-refractivity contribution is -0.129. The van der Waals surface area contributed by atoms with E-state index in [1.807, 2.05) is 13.8 Å². The molecule has 2 unspecified atom stereocenters. The van der Waals surface area contributed by atoms with Crippen molar-refractivity contribution in [2.24, 2.45) is 0 Å². The smallest absolute Gasteiger partial charge is 0.376 e. The molecule has 0 radical (unpaired) electrons. The normalized spacial score (nSPS) is 16.1. The van der Waals surface area contributed by atoms with Crippen molar-refractivity contribution in [1.29, 1.82) is 0 Å². The van der Waals surface area contributed by atoms with Crippen LogP contribution in [0, 0.1) is 0 Å². The molecule has 216 valence electrons. The van der Waals surface area contributed by atoms with E-state index in [0.29, 0.717) is 12.8 Å². The van der Waals surface area contributed by atoms with E-state index in [4.69, 9.17) is 26.6 Å². The Balaban J connectivity index is 6.29. The summed E-state index contributed by atoms with van der Waals surface area (Å²) in [7, 11) is 2.74. The third-order valence-corrected chi connectivity index (χ3v) is 14.9. The largest absolute Gasteiger partial charge is 0.514 e. The molecule has 0 amide bonds. The van der Waals surface area contributed by atoms with Crippen molar-refractivity contribution in [3.63, 3.8) is 0 Å². The first-order valence-electron chi connectivity index (χ1n) is 14.0. The van der Waals surface area contributed by atoms with Gasteiger partial charge >= 0.3 is 17.6 Å². The van der Waals surface area contributed by atoms with Crippen LogP contribution in [-0.4, -0.2) is 66.1 Å². The predicted molar refractivity (Wildman–Crippen MR) is 151 cm³/mol. The fourth-order valence-electron chi connectivity index (χ4n) is 5.79. The zero-order chi connectivity index (χ0) is 27.7. The Bertz CT molecular complexity index is 520. The van der Waals surface area contributed by atoms with Crippen molar-refractivity contribution in [3.8, 4) is 0 Å². The molecule has 0 N–H and O–H groups in total. The molecule has 0 bridgehead atoms. The van der Waals surface area contributed by atoms with E-state index in [0.717, 1.165) is 38.5 Å².